The summed E-state index contributed by atoms with van der Waals surface area (Å²) in [7, 11) is 0. The zero-order valence-corrected chi connectivity index (χ0v) is 14.0. The molecule has 1 heterocycles. The fourth-order valence-corrected chi connectivity index (χ4v) is 4.67. The van der Waals surface area contributed by atoms with Crippen LogP contribution in [0, 0.1) is 24.7 Å². The highest BCUT2D eigenvalue weighted by atomic mass is 79.9. The molecule has 3 rings (SSSR count). The number of aryl methyl sites for hydroxylation is 2. The molecule has 20 heavy (non-hydrogen) atoms. The molecule has 0 spiro atoms. The summed E-state index contributed by atoms with van der Waals surface area (Å²) in [5.41, 5.74) is 5.46. The number of nitrogens with zero attached hydrogens (tertiary/aromatic N) is 2. The van der Waals surface area contributed by atoms with Gasteiger partial charge in [-0.05, 0) is 60.4 Å². The molecule has 3 unspecified atom stereocenters. The molecular weight excluding hydrogens is 316 g/mol. The van der Waals surface area contributed by atoms with Crippen molar-refractivity contribution < 1.29 is 0 Å². The van der Waals surface area contributed by atoms with Crippen molar-refractivity contribution in [3.05, 3.63) is 15.9 Å². The second-order valence-electron chi connectivity index (χ2n) is 6.33. The fourth-order valence-electron chi connectivity index (χ4n) is 4.22. The Kier molecular flexibility index (Phi) is 4.20. The molecule has 2 saturated carbocycles. The highest BCUT2D eigenvalue weighted by Gasteiger charge is 2.53. The Morgan fingerprint density at radius 1 is 1.40 bits per heavy atom. The van der Waals surface area contributed by atoms with E-state index in [-0.39, 0.29) is 0 Å². The summed E-state index contributed by atoms with van der Waals surface area (Å²) >= 11 is 3.69. The fraction of sp³-hybridized carbons (Fsp3) is 0.800. The van der Waals surface area contributed by atoms with Crippen LogP contribution in [-0.4, -0.2) is 15.8 Å². The van der Waals surface area contributed by atoms with E-state index in [1.165, 1.54) is 31.4 Å². The molecule has 0 saturated heterocycles. The Bertz CT molecular complexity index is 472. The summed E-state index contributed by atoms with van der Waals surface area (Å²) < 4.78 is 3.26. The Hall–Kier alpha value is -0.390. The number of nitrogens with one attached hydrogen (secondary N) is 1. The number of hydrazine groups is 1. The van der Waals surface area contributed by atoms with E-state index in [0.29, 0.717) is 6.04 Å². The molecule has 3 atom stereocenters. The summed E-state index contributed by atoms with van der Waals surface area (Å²) in [6.45, 7) is 5.11. The topological polar surface area (TPSA) is 55.9 Å². The van der Waals surface area contributed by atoms with E-state index in [4.69, 9.17) is 5.84 Å². The van der Waals surface area contributed by atoms with Gasteiger partial charge in [-0.15, -0.1) is 0 Å². The van der Waals surface area contributed by atoms with Crippen LogP contribution in [0.2, 0.25) is 0 Å². The van der Waals surface area contributed by atoms with Crippen molar-refractivity contribution >= 4 is 15.9 Å². The van der Waals surface area contributed by atoms with Crippen LogP contribution in [0.25, 0.3) is 0 Å². The Labute approximate surface area is 129 Å². The first-order chi connectivity index (χ1) is 9.67. The standard InChI is InChI=1S/C15H25BrN4/c1-3-20-13(15(16)9(2)19-20)8-12(18-17)14-10-6-4-5-7-11(10)14/h10-12,14,18H,3-8,17H2,1-2H3. The lowest BCUT2D eigenvalue weighted by atomic mass is 10.0. The second-order valence-corrected chi connectivity index (χ2v) is 7.12. The molecule has 2 aliphatic rings. The highest BCUT2D eigenvalue weighted by Crippen LogP contribution is 2.57. The minimum absolute atomic E-state index is 0.390. The van der Waals surface area contributed by atoms with Crippen molar-refractivity contribution in [1.82, 2.24) is 15.2 Å². The minimum atomic E-state index is 0.390. The van der Waals surface area contributed by atoms with Crippen LogP contribution in [-0.2, 0) is 13.0 Å². The molecule has 0 amide bonds. The first-order valence-corrected chi connectivity index (χ1v) is 8.64. The molecule has 1 aromatic rings. The molecule has 0 bridgehead atoms. The predicted molar refractivity (Wildman–Crippen MR) is 84.1 cm³/mol. The first-order valence-electron chi connectivity index (χ1n) is 7.85. The van der Waals surface area contributed by atoms with Gasteiger partial charge in [0.05, 0.1) is 15.9 Å². The van der Waals surface area contributed by atoms with Gasteiger partial charge < -0.3 is 0 Å². The number of aromatic nitrogens is 2. The van der Waals surface area contributed by atoms with Crippen LogP contribution in [0.5, 0.6) is 0 Å². The molecule has 3 N–H and O–H groups in total. The van der Waals surface area contributed by atoms with Gasteiger partial charge in [0.15, 0.2) is 0 Å². The second kappa shape index (κ2) is 5.78. The lowest BCUT2D eigenvalue weighted by Crippen LogP contribution is -2.40. The molecule has 2 fully saturated rings. The molecule has 112 valence electrons. The number of fused-ring (bicyclic) bond motifs is 1. The molecule has 2 aliphatic carbocycles. The van der Waals surface area contributed by atoms with E-state index in [0.717, 1.165) is 40.9 Å². The smallest absolute Gasteiger partial charge is 0.0738 e. The molecule has 0 radical (unpaired) electrons. The monoisotopic (exact) mass is 340 g/mol. The van der Waals surface area contributed by atoms with Crippen molar-refractivity contribution in [3.8, 4) is 0 Å². The predicted octanol–water partition coefficient (Wildman–Crippen LogP) is 2.78. The number of hydrogen-bond donors (Lipinski definition) is 2. The average Bonchev–Trinajstić information content (AvgIpc) is 3.13. The summed E-state index contributed by atoms with van der Waals surface area (Å²) in [5, 5.41) is 4.59. The maximum absolute atomic E-state index is 5.87. The zero-order chi connectivity index (χ0) is 14.3. The van der Waals surface area contributed by atoms with Gasteiger partial charge in [-0.25, -0.2) is 0 Å². The SMILES string of the molecule is CCn1nc(C)c(Br)c1CC(NN)C1C2CCCCC21. The van der Waals surface area contributed by atoms with E-state index in [2.05, 4.69) is 45.0 Å². The number of nitrogens with two attached hydrogens (primary N) is 1. The van der Waals surface area contributed by atoms with Gasteiger partial charge in [-0.2, -0.15) is 5.10 Å². The van der Waals surface area contributed by atoms with Gasteiger partial charge in [0.25, 0.3) is 0 Å². The van der Waals surface area contributed by atoms with Gasteiger partial charge >= 0.3 is 0 Å². The van der Waals surface area contributed by atoms with Crippen LogP contribution >= 0.6 is 15.9 Å². The largest absolute Gasteiger partial charge is 0.271 e. The van der Waals surface area contributed by atoms with Gasteiger partial charge in [0.1, 0.15) is 0 Å². The van der Waals surface area contributed by atoms with Gasteiger partial charge in [-0.1, -0.05) is 12.8 Å². The van der Waals surface area contributed by atoms with Crippen molar-refractivity contribution in [3.63, 3.8) is 0 Å². The third-order valence-corrected chi connectivity index (χ3v) is 6.30. The Morgan fingerprint density at radius 2 is 2.05 bits per heavy atom. The highest BCUT2D eigenvalue weighted by molar-refractivity contribution is 9.10. The molecule has 4 nitrogen and oxygen atoms in total. The van der Waals surface area contributed by atoms with Crippen molar-refractivity contribution in [1.29, 1.82) is 0 Å². The van der Waals surface area contributed by atoms with Crippen molar-refractivity contribution in [2.75, 3.05) is 0 Å². The van der Waals surface area contributed by atoms with Crippen molar-refractivity contribution in [2.24, 2.45) is 23.6 Å². The summed E-state index contributed by atoms with van der Waals surface area (Å²) in [6.07, 6.45) is 6.60. The number of rotatable bonds is 5. The number of halogens is 1. The average molecular weight is 341 g/mol. The summed E-state index contributed by atoms with van der Waals surface area (Å²) in [5.74, 6) is 8.48. The van der Waals surface area contributed by atoms with E-state index in [1.54, 1.807) is 0 Å². The number of hydrogen-bond acceptors (Lipinski definition) is 3. The van der Waals surface area contributed by atoms with Crippen LogP contribution in [0.15, 0.2) is 4.47 Å². The van der Waals surface area contributed by atoms with Gasteiger partial charge in [0.2, 0.25) is 0 Å². The van der Waals surface area contributed by atoms with Crippen LogP contribution in [0.3, 0.4) is 0 Å². The summed E-state index contributed by atoms with van der Waals surface area (Å²) in [6, 6.07) is 0.390. The van der Waals surface area contributed by atoms with E-state index in [1.807, 2.05) is 0 Å². The molecule has 5 heteroatoms. The molecule has 0 aliphatic heterocycles. The maximum atomic E-state index is 5.87. The molecule has 1 aromatic heterocycles. The van der Waals surface area contributed by atoms with Crippen LogP contribution < -0.4 is 11.3 Å². The van der Waals surface area contributed by atoms with E-state index < -0.39 is 0 Å². The zero-order valence-electron chi connectivity index (χ0n) is 12.4. The molecule has 0 aromatic carbocycles. The normalized spacial score (nSPS) is 30.1. The maximum Gasteiger partial charge on any atom is 0.0738 e. The quantitative estimate of drug-likeness (QED) is 0.640. The van der Waals surface area contributed by atoms with Gasteiger partial charge in [-0.3, -0.25) is 16.0 Å². The van der Waals surface area contributed by atoms with Crippen LogP contribution in [0.1, 0.15) is 44.0 Å². The Morgan fingerprint density at radius 3 is 2.60 bits per heavy atom. The lowest BCUT2D eigenvalue weighted by Gasteiger charge is -2.17. The third kappa shape index (κ3) is 2.44. The Balaban J connectivity index is 1.75. The van der Waals surface area contributed by atoms with E-state index in [9.17, 15) is 0 Å². The van der Waals surface area contributed by atoms with Crippen molar-refractivity contribution in [2.45, 2.75) is 58.5 Å². The first kappa shape index (κ1) is 14.5. The van der Waals surface area contributed by atoms with Gasteiger partial charge in [0, 0.05) is 19.0 Å². The minimum Gasteiger partial charge on any atom is -0.271 e. The third-order valence-electron chi connectivity index (χ3n) is 5.27. The van der Waals surface area contributed by atoms with E-state index >= 15 is 0 Å². The lowest BCUT2D eigenvalue weighted by molar-refractivity contribution is 0.423. The molecular formula is C15H25BrN4. The van der Waals surface area contributed by atoms with Crippen LogP contribution in [0.4, 0.5) is 0 Å². The summed E-state index contributed by atoms with van der Waals surface area (Å²) in [4.78, 5) is 0.